The molecular formula is C19H27NO3. The fourth-order valence-corrected chi connectivity index (χ4v) is 3.01. The molecule has 4 nitrogen and oxygen atoms in total. The molecule has 1 aromatic rings. The Hall–Kier alpha value is -1.84. The molecule has 2 unspecified atom stereocenters. The monoisotopic (exact) mass is 317 g/mol. The van der Waals surface area contributed by atoms with Gasteiger partial charge in [-0.15, -0.1) is 0 Å². The van der Waals surface area contributed by atoms with Gasteiger partial charge in [0.15, 0.2) is 0 Å². The van der Waals surface area contributed by atoms with Crippen LogP contribution in [0.3, 0.4) is 0 Å². The van der Waals surface area contributed by atoms with Gasteiger partial charge in [-0.3, -0.25) is 4.79 Å². The van der Waals surface area contributed by atoms with E-state index < -0.39 is 5.97 Å². The Balaban J connectivity index is 1.64. The van der Waals surface area contributed by atoms with Crippen LogP contribution in [-0.2, 0) is 4.79 Å². The second kappa shape index (κ2) is 8.70. The molecule has 0 radical (unpaired) electrons. The van der Waals surface area contributed by atoms with Crippen LogP contribution in [0.5, 0.6) is 0 Å². The van der Waals surface area contributed by atoms with Gasteiger partial charge >= 0.3 is 5.97 Å². The highest BCUT2D eigenvalue weighted by Gasteiger charge is 2.42. The minimum Gasteiger partial charge on any atom is -0.478 e. The quantitative estimate of drug-likeness (QED) is 0.614. The van der Waals surface area contributed by atoms with Gasteiger partial charge in [0.2, 0.25) is 5.91 Å². The van der Waals surface area contributed by atoms with E-state index in [4.69, 9.17) is 5.11 Å². The largest absolute Gasteiger partial charge is 0.478 e. The molecule has 0 spiro atoms. The van der Waals surface area contributed by atoms with Gasteiger partial charge in [0.25, 0.3) is 0 Å². The van der Waals surface area contributed by atoms with E-state index >= 15 is 0 Å². The van der Waals surface area contributed by atoms with Crippen molar-refractivity contribution in [2.45, 2.75) is 58.3 Å². The summed E-state index contributed by atoms with van der Waals surface area (Å²) in [5.74, 6) is -0.197. The highest BCUT2D eigenvalue weighted by molar-refractivity contribution is 5.95. The van der Waals surface area contributed by atoms with Gasteiger partial charge in [-0.25, -0.2) is 4.79 Å². The number of carboxylic acid groups (broad SMARTS) is 1. The van der Waals surface area contributed by atoms with Crippen LogP contribution in [0.2, 0.25) is 0 Å². The third-order valence-electron chi connectivity index (χ3n) is 4.59. The Bertz CT molecular complexity index is 524. The molecule has 1 amide bonds. The Morgan fingerprint density at radius 2 is 1.74 bits per heavy atom. The summed E-state index contributed by atoms with van der Waals surface area (Å²) in [6.45, 7) is 2.22. The predicted molar refractivity (Wildman–Crippen MR) is 91.6 cm³/mol. The first-order valence-electron chi connectivity index (χ1n) is 8.76. The maximum absolute atomic E-state index is 12.2. The van der Waals surface area contributed by atoms with Crippen LogP contribution in [0.4, 0.5) is 5.69 Å². The summed E-state index contributed by atoms with van der Waals surface area (Å²) in [6, 6.07) is 6.32. The molecule has 126 valence electrons. The van der Waals surface area contributed by atoms with Crippen molar-refractivity contribution in [1.29, 1.82) is 0 Å². The van der Waals surface area contributed by atoms with Gasteiger partial charge in [0.1, 0.15) is 0 Å². The van der Waals surface area contributed by atoms with Crippen LogP contribution in [-0.4, -0.2) is 17.0 Å². The van der Waals surface area contributed by atoms with Crippen molar-refractivity contribution >= 4 is 17.6 Å². The number of nitrogens with one attached hydrogen (secondary N) is 1. The average Bonchev–Trinajstić information content (AvgIpc) is 3.31. The molecule has 0 aromatic heterocycles. The lowest BCUT2D eigenvalue weighted by atomic mass is 10.1. The smallest absolute Gasteiger partial charge is 0.335 e. The maximum atomic E-state index is 12.2. The number of carbonyl (C=O) groups excluding carboxylic acids is 1. The highest BCUT2D eigenvalue weighted by Crippen LogP contribution is 2.43. The van der Waals surface area contributed by atoms with E-state index in [1.807, 2.05) is 0 Å². The number of rotatable bonds is 10. The SMILES string of the molecule is CCCCCCCCC1CC1C(=O)Nc1ccc(C(=O)O)cc1. The summed E-state index contributed by atoms with van der Waals surface area (Å²) in [5, 5.41) is 11.7. The van der Waals surface area contributed by atoms with E-state index in [1.54, 1.807) is 12.1 Å². The minimum atomic E-state index is -0.955. The summed E-state index contributed by atoms with van der Waals surface area (Å²) < 4.78 is 0. The van der Waals surface area contributed by atoms with E-state index in [0.29, 0.717) is 11.6 Å². The Kier molecular flexibility index (Phi) is 6.63. The van der Waals surface area contributed by atoms with Crippen molar-refractivity contribution in [3.8, 4) is 0 Å². The van der Waals surface area contributed by atoms with Crippen LogP contribution in [0.15, 0.2) is 24.3 Å². The topological polar surface area (TPSA) is 66.4 Å². The fraction of sp³-hybridized carbons (Fsp3) is 0.579. The lowest BCUT2D eigenvalue weighted by molar-refractivity contribution is -0.117. The number of hydrogen-bond acceptors (Lipinski definition) is 2. The van der Waals surface area contributed by atoms with Gasteiger partial charge in [-0.1, -0.05) is 45.4 Å². The zero-order chi connectivity index (χ0) is 16.7. The van der Waals surface area contributed by atoms with Gasteiger partial charge in [0, 0.05) is 11.6 Å². The number of anilines is 1. The molecule has 0 aliphatic heterocycles. The third-order valence-corrected chi connectivity index (χ3v) is 4.59. The summed E-state index contributed by atoms with van der Waals surface area (Å²) in [5.41, 5.74) is 0.903. The van der Waals surface area contributed by atoms with E-state index in [1.165, 1.54) is 50.7 Å². The Morgan fingerprint density at radius 3 is 2.39 bits per heavy atom. The zero-order valence-electron chi connectivity index (χ0n) is 13.9. The molecule has 2 rings (SSSR count). The van der Waals surface area contributed by atoms with Crippen molar-refractivity contribution < 1.29 is 14.7 Å². The second-order valence-electron chi connectivity index (χ2n) is 6.53. The van der Waals surface area contributed by atoms with Crippen molar-refractivity contribution in [2.75, 3.05) is 5.32 Å². The van der Waals surface area contributed by atoms with Crippen molar-refractivity contribution in [3.05, 3.63) is 29.8 Å². The van der Waals surface area contributed by atoms with E-state index in [9.17, 15) is 9.59 Å². The second-order valence-corrected chi connectivity index (χ2v) is 6.53. The van der Waals surface area contributed by atoms with E-state index in [0.717, 1.165) is 12.8 Å². The van der Waals surface area contributed by atoms with E-state index in [2.05, 4.69) is 12.2 Å². The molecule has 0 heterocycles. The van der Waals surface area contributed by atoms with Crippen molar-refractivity contribution in [3.63, 3.8) is 0 Å². The zero-order valence-corrected chi connectivity index (χ0v) is 13.9. The van der Waals surface area contributed by atoms with Crippen LogP contribution < -0.4 is 5.32 Å². The number of hydrogen-bond donors (Lipinski definition) is 2. The average molecular weight is 317 g/mol. The van der Waals surface area contributed by atoms with Crippen molar-refractivity contribution in [1.82, 2.24) is 0 Å². The lowest BCUT2D eigenvalue weighted by Crippen LogP contribution is -2.14. The molecule has 4 heteroatoms. The number of carbonyl (C=O) groups is 2. The molecule has 1 fully saturated rings. The molecule has 0 saturated heterocycles. The Labute approximate surface area is 138 Å². The van der Waals surface area contributed by atoms with Crippen molar-refractivity contribution in [2.24, 2.45) is 11.8 Å². The fourth-order valence-electron chi connectivity index (χ4n) is 3.01. The molecule has 1 aliphatic rings. The molecule has 1 aliphatic carbocycles. The standard InChI is InChI=1S/C19H27NO3/c1-2-3-4-5-6-7-8-15-13-17(15)18(21)20-16-11-9-14(10-12-16)19(22)23/h9-12,15,17H,2-8,13H2,1H3,(H,20,21)(H,22,23). The van der Waals surface area contributed by atoms with Crippen LogP contribution in [0, 0.1) is 11.8 Å². The maximum Gasteiger partial charge on any atom is 0.335 e. The molecular weight excluding hydrogens is 290 g/mol. The number of amides is 1. The number of benzene rings is 1. The van der Waals surface area contributed by atoms with Gasteiger partial charge in [-0.05, 0) is 43.0 Å². The summed E-state index contributed by atoms with van der Waals surface area (Å²) in [6.07, 6.45) is 9.90. The number of carboxylic acids is 1. The molecule has 2 atom stereocenters. The van der Waals surface area contributed by atoms with E-state index in [-0.39, 0.29) is 17.4 Å². The van der Waals surface area contributed by atoms with Crippen LogP contribution >= 0.6 is 0 Å². The van der Waals surface area contributed by atoms with Crippen LogP contribution in [0.25, 0.3) is 0 Å². The molecule has 1 saturated carbocycles. The first kappa shape index (κ1) is 17.5. The first-order valence-corrected chi connectivity index (χ1v) is 8.76. The number of aromatic carboxylic acids is 1. The normalized spacial score (nSPS) is 19.3. The predicted octanol–water partition coefficient (Wildman–Crippen LogP) is 4.71. The third kappa shape index (κ3) is 5.70. The first-order chi connectivity index (χ1) is 11.1. The highest BCUT2D eigenvalue weighted by atomic mass is 16.4. The number of unbranched alkanes of at least 4 members (excludes halogenated alkanes) is 5. The van der Waals surface area contributed by atoms with Gasteiger partial charge in [-0.2, -0.15) is 0 Å². The summed E-state index contributed by atoms with van der Waals surface area (Å²) >= 11 is 0. The molecule has 23 heavy (non-hydrogen) atoms. The van der Waals surface area contributed by atoms with Gasteiger partial charge in [0.05, 0.1) is 5.56 Å². The molecule has 0 bridgehead atoms. The van der Waals surface area contributed by atoms with Gasteiger partial charge < -0.3 is 10.4 Å². The molecule has 1 aromatic carbocycles. The summed E-state index contributed by atoms with van der Waals surface area (Å²) in [4.78, 5) is 22.9. The molecule has 2 N–H and O–H groups in total. The Morgan fingerprint density at radius 1 is 1.09 bits per heavy atom. The summed E-state index contributed by atoms with van der Waals surface area (Å²) in [7, 11) is 0. The van der Waals surface area contributed by atoms with Crippen LogP contribution in [0.1, 0.15) is 68.6 Å². The minimum absolute atomic E-state index is 0.0732. The lowest BCUT2D eigenvalue weighted by Gasteiger charge is -2.05.